The van der Waals surface area contributed by atoms with Crippen molar-refractivity contribution in [3.05, 3.63) is 87.9 Å². The van der Waals surface area contributed by atoms with Crippen LogP contribution in [0.25, 0.3) is 44.7 Å². The van der Waals surface area contributed by atoms with Crippen molar-refractivity contribution in [2.45, 2.75) is 103 Å². The molecule has 0 radical (unpaired) electrons. The zero-order valence-corrected chi connectivity index (χ0v) is 41.3. The largest absolute Gasteiger partial charge is 0.464 e. The number of thiophene rings is 1. The first kappa shape index (κ1) is 47.0. The van der Waals surface area contributed by atoms with Gasteiger partial charge in [-0.1, -0.05) is 26.8 Å². The number of amides is 4. The molecule has 2 aromatic carbocycles. The summed E-state index contributed by atoms with van der Waals surface area (Å²) < 4.78 is 24.7. The summed E-state index contributed by atoms with van der Waals surface area (Å²) in [5.74, 6) is 1.71. The summed E-state index contributed by atoms with van der Waals surface area (Å²) in [4.78, 5) is 75.6. The Labute approximate surface area is 410 Å². The van der Waals surface area contributed by atoms with Crippen molar-refractivity contribution in [1.29, 1.82) is 0 Å². The second-order valence-corrected chi connectivity index (χ2v) is 20.3. The quantitative estimate of drug-likeness (QED) is 0.0920. The normalized spacial score (nSPS) is 20.0. The highest BCUT2D eigenvalue weighted by molar-refractivity contribution is 7.12. The van der Waals surface area contributed by atoms with Gasteiger partial charge in [0.1, 0.15) is 29.5 Å². The number of carbonyl (C=O) groups is 4. The van der Waals surface area contributed by atoms with Gasteiger partial charge in [-0.05, 0) is 112 Å². The Kier molecular flexibility index (Phi) is 13.2. The molecule has 4 aromatic heterocycles. The van der Waals surface area contributed by atoms with Gasteiger partial charge in [-0.2, -0.15) is 0 Å². The lowest BCUT2D eigenvalue weighted by Crippen LogP contribution is -2.53. The Morgan fingerprint density at radius 3 is 2.11 bits per heavy atom. The van der Waals surface area contributed by atoms with Crippen LogP contribution in [0.4, 0.5) is 9.59 Å². The van der Waals surface area contributed by atoms with Gasteiger partial charge in [0.05, 0.1) is 66.2 Å². The summed E-state index contributed by atoms with van der Waals surface area (Å²) in [5.41, 5.74) is 7.65. The number of benzene rings is 2. The van der Waals surface area contributed by atoms with Crippen molar-refractivity contribution < 1.29 is 38.1 Å². The van der Waals surface area contributed by atoms with Gasteiger partial charge in [-0.15, -0.1) is 11.3 Å². The lowest BCUT2D eigenvalue weighted by Gasteiger charge is -2.34. The van der Waals surface area contributed by atoms with E-state index >= 15 is 0 Å². The average molecular weight is 972 g/mol. The van der Waals surface area contributed by atoms with Gasteiger partial charge in [0.25, 0.3) is 0 Å². The molecule has 3 fully saturated rings. The number of nitrogens with one attached hydrogen (secondary N) is 4. The number of alkyl carbamates (subject to hydrolysis) is 2. The van der Waals surface area contributed by atoms with Crippen LogP contribution in [0.1, 0.15) is 105 Å². The molecule has 1 unspecified atom stereocenters. The fourth-order valence-electron chi connectivity index (χ4n) is 10.9. The predicted molar refractivity (Wildman–Crippen MR) is 264 cm³/mol. The van der Waals surface area contributed by atoms with Crippen LogP contribution in [0.3, 0.4) is 0 Å². The van der Waals surface area contributed by atoms with Crippen LogP contribution >= 0.6 is 11.3 Å². The highest BCUT2D eigenvalue weighted by atomic mass is 32.1. The zero-order valence-electron chi connectivity index (χ0n) is 40.5. The summed E-state index contributed by atoms with van der Waals surface area (Å²) in [6.07, 6.45) is 7.43. The Hall–Kier alpha value is -6.66. The number of rotatable bonds is 12. The minimum atomic E-state index is -0.722. The first-order valence-electron chi connectivity index (χ1n) is 24.5. The molecule has 8 heterocycles. The fourth-order valence-corrected chi connectivity index (χ4v) is 11.8. The van der Waals surface area contributed by atoms with Crippen LogP contribution in [0.15, 0.2) is 60.9 Å². The number of carbonyl (C=O) groups excluding carboxylic acids is 4. The van der Waals surface area contributed by atoms with E-state index < -0.39 is 30.5 Å². The summed E-state index contributed by atoms with van der Waals surface area (Å²) in [5, 5.41) is 6.62. The molecule has 3 saturated heterocycles. The SMILES string of the molecule is CCc1ccc(C2Oc3cc(-c4cnc([C@@H]5CCCN5C(=O)[C@@H](NC(=O)OC)C(C)C)[nH]4)cc(C)c3-c3cc4cc(-c5cnc([C@@H]6CCCN6C(=O)[C@@H](NC(=O)OC)C6CCOCC6)[nH]5)ccc4n32)s1. The van der Waals surface area contributed by atoms with Crippen molar-refractivity contribution in [1.82, 2.24) is 44.9 Å². The highest BCUT2D eigenvalue weighted by Gasteiger charge is 2.41. The molecule has 18 heteroatoms. The number of methoxy groups -OCH3 is 2. The summed E-state index contributed by atoms with van der Waals surface area (Å²) >= 11 is 1.75. The Balaban J connectivity index is 0.948. The molecule has 0 spiro atoms. The molecule has 0 bridgehead atoms. The van der Waals surface area contributed by atoms with E-state index in [-0.39, 0.29) is 35.7 Å². The van der Waals surface area contributed by atoms with Crippen molar-refractivity contribution in [2.24, 2.45) is 11.8 Å². The predicted octanol–water partition coefficient (Wildman–Crippen LogP) is 8.82. The van der Waals surface area contributed by atoms with Crippen LogP contribution < -0.4 is 15.4 Å². The Morgan fingerprint density at radius 1 is 0.814 bits per heavy atom. The first-order chi connectivity index (χ1) is 33.9. The number of aromatic nitrogens is 5. The van der Waals surface area contributed by atoms with Crippen molar-refractivity contribution in [3.8, 4) is 39.5 Å². The van der Waals surface area contributed by atoms with Crippen LogP contribution in [0.2, 0.25) is 0 Å². The van der Waals surface area contributed by atoms with Gasteiger partial charge < -0.3 is 49.3 Å². The van der Waals surface area contributed by atoms with Gasteiger partial charge in [-0.3, -0.25) is 14.2 Å². The third kappa shape index (κ3) is 8.80. The summed E-state index contributed by atoms with van der Waals surface area (Å²) in [6, 6.07) is 15.3. The number of imidazole rings is 2. The number of H-pyrrole nitrogens is 2. The van der Waals surface area contributed by atoms with E-state index in [9.17, 15) is 19.2 Å². The summed E-state index contributed by atoms with van der Waals surface area (Å²) in [6.45, 7) is 10.3. The van der Waals surface area contributed by atoms with E-state index in [0.29, 0.717) is 50.8 Å². The molecule has 4 N–H and O–H groups in total. The maximum absolute atomic E-state index is 14.2. The van der Waals surface area contributed by atoms with Gasteiger partial charge in [0.2, 0.25) is 18.0 Å². The van der Waals surface area contributed by atoms with Gasteiger partial charge >= 0.3 is 12.2 Å². The number of hydrogen-bond acceptors (Lipinski definition) is 11. The number of nitrogens with zero attached hydrogens (tertiary/aromatic N) is 5. The van der Waals surface area contributed by atoms with E-state index in [2.05, 4.69) is 87.5 Å². The van der Waals surface area contributed by atoms with Crippen molar-refractivity contribution in [3.63, 3.8) is 0 Å². The standard InChI is InChI=1S/C52H61N9O8S/c1-7-34-13-15-42(70-34)50-61-37-14-12-31(35-26-53-46(55-35)39-11-9-19-60(39)49(63)45(58-52(65)67-6)30-16-20-68-21-17-30)23-33(37)24-40(61)43-29(4)22-32(25-41(43)69-50)36-27-54-47(56-36)38-10-8-18-59(38)48(62)44(28(2)3)57-51(64)66-5/h12-15,22-28,30,38-39,44-45,50H,7-11,16-21H2,1-6H3,(H,53,55)(H,54,56)(H,57,64)(H,58,65)/t38-,39-,44-,45-,50?/m0/s1. The third-order valence-electron chi connectivity index (χ3n) is 14.5. The molecule has 17 nitrogen and oxygen atoms in total. The molecule has 4 aliphatic heterocycles. The van der Waals surface area contributed by atoms with E-state index in [1.807, 2.05) is 36.0 Å². The molecule has 0 aliphatic carbocycles. The Morgan fingerprint density at radius 2 is 1.47 bits per heavy atom. The Bertz CT molecular complexity index is 2930. The third-order valence-corrected chi connectivity index (χ3v) is 15.8. The van der Waals surface area contributed by atoms with Gasteiger partial charge in [-0.25, -0.2) is 19.6 Å². The maximum Gasteiger partial charge on any atom is 0.407 e. The number of ether oxygens (including phenoxy) is 4. The van der Waals surface area contributed by atoms with Crippen LogP contribution in [0, 0.1) is 18.8 Å². The van der Waals surface area contributed by atoms with E-state index in [1.54, 1.807) is 11.3 Å². The highest BCUT2D eigenvalue weighted by Crippen LogP contribution is 2.49. The maximum atomic E-state index is 14.2. The smallest absolute Gasteiger partial charge is 0.407 e. The molecule has 70 heavy (non-hydrogen) atoms. The number of likely N-dealkylation sites (tertiary alicyclic amines) is 2. The van der Waals surface area contributed by atoms with E-state index in [4.69, 9.17) is 28.9 Å². The number of hydrogen-bond donors (Lipinski definition) is 4. The molecular formula is C52H61N9O8S. The molecule has 5 atom stereocenters. The fraction of sp³-hybridized carbons (Fsp3) is 0.462. The second-order valence-electron chi connectivity index (χ2n) is 19.1. The average Bonchev–Trinajstić information content (AvgIpc) is 4.24. The summed E-state index contributed by atoms with van der Waals surface area (Å²) in [7, 11) is 2.61. The lowest BCUT2D eigenvalue weighted by atomic mass is 9.90. The number of fused-ring (bicyclic) bond motifs is 5. The monoisotopic (exact) mass is 971 g/mol. The zero-order chi connectivity index (χ0) is 48.8. The molecule has 6 aromatic rings. The first-order valence-corrected chi connectivity index (χ1v) is 25.3. The second kappa shape index (κ2) is 19.6. The molecule has 4 amide bonds. The van der Waals surface area contributed by atoms with E-state index in [0.717, 1.165) is 93.0 Å². The number of aromatic amines is 2. The molecule has 10 rings (SSSR count). The lowest BCUT2D eigenvalue weighted by molar-refractivity contribution is -0.137. The molecule has 4 aliphatic rings. The molecule has 0 saturated carbocycles. The van der Waals surface area contributed by atoms with Gasteiger partial charge in [0.15, 0.2) is 0 Å². The number of aryl methyl sites for hydroxylation is 2. The van der Waals surface area contributed by atoms with Crippen molar-refractivity contribution in [2.75, 3.05) is 40.5 Å². The van der Waals surface area contributed by atoms with E-state index in [1.165, 1.54) is 19.1 Å². The van der Waals surface area contributed by atoms with Crippen LogP contribution in [0.5, 0.6) is 5.75 Å². The van der Waals surface area contributed by atoms with Crippen LogP contribution in [-0.2, 0) is 30.2 Å². The topological polar surface area (TPSA) is 198 Å². The van der Waals surface area contributed by atoms with Crippen molar-refractivity contribution >= 4 is 46.2 Å². The van der Waals surface area contributed by atoms with Crippen LogP contribution in [-0.4, -0.2) is 111 Å². The minimum absolute atomic E-state index is 0.0498. The molecule has 368 valence electrons. The molecular weight excluding hydrogens is 911 g/mol. The minimum Gasteiger partial charge on any atom is -0.464 e. The van der Waals surface area contributed by atoms with Gasteiger partial charge in [0, 0.05) is 53.3 Å².